The van der Waals surface area contributed by atoms with Crippen LogP contribution in [0.15, 0.2) is 8.68 Å². The Kier molecular flexibility index (Phi) is 6.28. The van der Waals surface area contributed by atoms with Crippen LogP contribution in [0.2, 0.25) is 0 Å². The average molecular weight is 304 g/mol. The largest absolute Gasteiger partial charge is 0.313 e. The Morgan fingerprint density at radius 1 is 1.22 bits per heavy atom. The number of rotatable bonds is 6. The molecule has 3 nitrogen and oxygen atoms in total. The Morgan fingerprint density at radius 3 is 2.61 bits per heavy atom. The smallest absolute Gasteiger partial charge is 0.175 e. The quantitative estimate of drug-likeness (QED) is 0.643. The lowest BCUT2D eigenvalue weighted by Crippen LogP contribution is -2.34. The third kappa shape index (κ3) is 4.72. The minimum atomic E-state index is 0.748. The van der Waals surface area contributed by atoms with Crippen molar-refractivity contribution in [2.75, 3.05) is 18.6 Å². The summed E-state index contributed by atoms with van der Waals surface area (Å²) in [6.45, 7) is 3.45. The molecule has 0 unspecified atom stereocenters. The maximum absolute atomic E-state index is 4.16. The summed E-state index contributed by atoms with van der Waals surface area (Å²) in [6.07, 6.45) is 7.51. The van der Waals surface area contributed by atoms with Crippen molar-refractivity contribution in [1.82, 2.24) is 15.5 Å². The zero-order valence-electron chi connectivity index (χ0n) is 11.0. The van der Waals surface area contributed by atoms with Crippen molar-refractivity contribution >= 4 is 34.9 Å². The summed E-state index contributed by atoms with van der Waals surface area (Å²) >= 11 is 5.18. The normalized spacial score (nSPS) is 24.3. The number of nitrogens with zero attached hydrogens (tertiary/aromatic N) is 2. The first kappa shape index (κ1) is 14.6. The molecule has 1 N–H and O–H groups in total. The molecule has 2 rings (SSSR count). The van der Waals surface area contributed by atoms with Gasteiger partial charge in [-0.2, -0.15) is 0 Å². The zero-order valence-corrected chi connectivity index (χ0v) is 13.5. The van der Waals surface area contributed by atoms with Gasteiger partial charge in [-0.05, 0) is 37.9 Å². The molecular weight excluding hydrogens is 282 g/mol. The molecule has 1 fully saturated rings. The third-order valence-corrected chi connectivity index (χ3v) is 6.37. The molecule has 102 valence electrons. The van der Waals surface area contributed by atoms with Gasteiger partial charge in [-0.1, -0.05) is 41.8 Å². The molecule has 6 heteroatoms. The highest BCUT2D eigenvalue weighted by Crippen LogP contribution is 2.27. The van der Waals surface area contributed by atoms with E-state index >= 15 is 0 Å². The predicted octanol–water partition coefficient (Wildman–Crippen LogP) is 3.52. The zero-order chi connectivity index (χ0) is 12.8. The van der Waals surface area contributed by atoms with E-state index in [2.05, 4.69) is 22.4 Å². The van der Waals surface area contributed by atoms with Gasteiger partial charge in [0.15, 0.2) is 8.68 Å². The third-order valence-electron chi connectivity index (χ3n) is 3.34. The minimum Gasteiger partial charge on any atom is -0.313 e. The molecule has 1 heterocycles. The highest BCUT2D eigenvalue weighted by atomic mass is 32.2. The second-order valence-corrected chi connectivity index (χ2v) is 8.17. The maximum atomic E-state index is 4.16. The second-order valence-electron chi connectivity index (χ2n) is 4.80. The van der Waals surface area contributed by atoms with Gasteiger partial charge in [0.1, 0.15) is 0 Å². The van der Waals surface area contributed by atoms with Crippen LogP contribution in [0.4, 0.5) is 0 Å². The molecule has 0 saturated heterocycles. The monoisotopic (exact) mass is 303 g/mol. The lowest BCUT2D eigenvalue weighted by molar-refractivity contribution is 0.312. The summed E-state index contributed by atoms with van der Waals surface area (Å²) < 4.78 is 2.16. The van der Waals surface area contributed by atoms with E-state index < -0.39 is 0 Å². The van der Waals surface area contributed by atoms with Gasteiger partial charge in [0.25, 0.3) is 0 Å². The predicted molar refractivity (Wildman–Crippen MR) is 81.8 cm³/mol. The molecule has 1 aromatic heterocycles. The molecule has 0 bridgehead atoms. The molecule has 0 aliphatic heterocycles. The first-order valence-corrected chi connectivity index (χ1v) is 9.54. The van der Waals surface area contributed by atoms with Crippen LogP contribution in [0.5, 0.6) is 0 Å². The Labute approximate surface area is 122 Å². The van der Waals surface area contributed by atoms with Crippen LogP contribution in [-0.4, -0.2) is 34.8 Å². The van der Waals surface area contributed by atoms with Gasteiger partial charge in [-0.25, -0.2) is 0 Å². The summed E-state index contributed by atoms with van der Waals surface area (Å²) in [6, 6.07) is 0.748. The minimum absolute atomic E-state index is 0.748. The lowest BCUT2D eigenvalue weighted by atomic mass is 9.87. The average Bonchev–Trinajstić information content (AvgIpc) is 2.85. The molecule has 0 radical (unpaired) electrons. The number of hydrogen-bond acceptors (Lipinski definition) is 6. The highest BCUT2D eigenvalue weighted by molar-refractivity contribution is 8.02. The molecule has 1 aromatic rings. The van der Waals surface area contributed by atoms with E-state index in [1.54, 1.807) is 23.1 Å². The van der Waals surface area contributed by atoms with Crippen molar-refractivity contribution in [3.05, 3.63) is 0 Å². The number of hydrogen-bond donors (Lipinski definition) is 1. The number of aromatic nitrogens is 2. The molecular formula is C12H21N3S3. The van der Waals surface area contributed by atoms with E-state index in [1.807, 2.05) is 18.0 Å². The van der Waals surface area contributed by atoms with E-state index in [9.17, 15) is 0 Å². The van der Waals surface area contributed by atoms with Crippen LogP contribution in [0, 0.1) is 5.92 Å². The van der Waals surface area contributed by atoms with Gasteiger partial charge in [-0.3, -0.25) is 0 Å². The Bertz CT molecular complexity index is 348. The molecule has 18 heavy (non-hydrogen) atoms. The first-order chi connectivity index (χ1) is 8.78. The van der Waals surface area contributed by atoms with Gasteiger partial charge < -0.3 is 5.32 Å². The van der Waals surface area contributed by atoms with Crippen molar-refractivity contribution in [3.63, 3.8) is 0 Å². The number of nitrogens with one attached hydrogen (secondary N) is 1. The van der Waals surface area contributed by atoms with Crippen molar-refractivity contribution in [2.24, 2.45) is 5.92 Å². The molecule has 0 spiro atoms. The molecule has 1 aliphatic rings. The molecule has 1 aliphatic carbocycles. The Morgan fingerprint density at radius 2 is 1.94 bits per heavy atom. The number of thioether (sulfide) groups is 2. The highest BCUT2D eigenvalue weighted by Gasteiger charge is 2.17. The molecule has 0 aromatic carbocycles. The van der Waals surface area contributed by atoms with E-state index in [0.29, 0.717) is 0 Å². The van der Waals surface area contributed by atoms with Gasteiger partial charge in [-0.15, -0.1) is 10.2 Å². The van der Waals surface area contributed by atoms with Crippen molar-refractivity contribution in [2.45, 2.75) is 47.3 Å². The van der Waals surface area contributed by atoms with Crippen molar-refractivity contribution < 1.29 is 0 Å². The molecule has 1 saturated carbocycles. The summed E-state index contributed by atoms with van der Waals surface area (Å²) in [4.78, 5) is 0. The standard InChI is InChI=1S/C12H21N3S3/c1-9-3-5-10(6-4-9)13-7-8-17-12-15-14-11(16-2)18-12/h9-10,13H,3-8H2,1-2H3. The molecule has 0 atom stereocenters. The summed E-state index contributed by atoms with van der Waals surface area (Å²) in [7, 11) is 0. The molecule has 0 amide bonds. The van der Waals surface area contributed by atoms with Crippen LogP contribution in [0.3, 0.4) is 0 Å². The fourth-order valence-electron chi connectivity index (χ4n) is 2.20. The van der Waals surface area contributed by atoms with E-state index in [4.69, 9.17) is 0 Å². The fraction of sp³-hybridized carbons (Fsp3) is 0.833. The lowest BCUT2D eigenvalue weighted by Gasteiger charge is -2.26. The van der Waals surface area contributed by atoms with Gasteiger partial charge in [0, 0.05) is 18.3 Å². The maximum Gasteiger partial charge on any atom is 0.175 e. The first-order valence-electron chi connectivity index (χ1n) is 6.51. The van der Waals surface area contributed by atoms with Gasteiger partial charge in [0.05, 0.1) is 0 Å². The van der Waals surface area contributed by atoms with Crippen molar-refractivity contribution in [1.29, 1.82) is 0 Å². The van der Waals surface area contributed by atoms with Crippen LogP contribution in [-0.2, 0) is 0 Å². The van der Waals surface area contributed by atoms with Crippen LogP contribution in [0.1, 0.15) is 32.6 Å². The summed E-state index contributed by atoms with van der Waals surface area (Å²) in [5, 5.41) is 11.9. The summed E-state index contributed by atoms with van der Waals surface area (Å²) in [5.41, 5.74) is 0. The Hall–Kier alpha value is 0.220. The topological polar surface area (TPSA) is 37.8 Å². The van der Waals surface area contributed by atoms with E-state index in [0.717, 1.165) is 32.9 Å². The van der Waals surface area contributed by atoms with Gasteiger partial charge >= 0.3 is 0 Å². The second kappa shape index (κ2) is 7.72. The van der Waals surface area contributed by atoms with Crippen molar-refractivity contribution in [3.8, 4) is 0 Å². The van der Waals surface area contributed by atoms with Gasteiger partial charge in [0.2, 0.25) is 0 Å². The fourth-order valence-corrected chi connectivity index (χ4v) is 4.58. The van der Waals surface area contributed by atoms with Crippen LogP contribution >= 0.6 is 34.9 Å². The summed E-state index contributed by atoms with van der Waals surface area (Å²) in [5.74, 6) is 2.03. The SMILES string of the molecule is CSc1nnc(SCCNC2CCC(C)CC2)s1. The van der Waals surface area contributed by atoms with Crippen LogP contribution < -0.4 is 5.32 Å². The van der Waals surface area contributed by atoms with E-state index in [-0.39, 0.29) is 0 Å². The van der Waals surface area contributed by atoms with E-state index in [1.165, 1.54) is 25.7 Å². The van der Waals surface area contributed by atoms with Crippen LogP contribution in [0.25, 0.3) is 0 Å². The Balaban J connectivity index is 1.58.